The Balaban J connectivity index is 1.89. The van der Waals surface area contributed by atoms with E-state index in [9.17, 15) is 9.59 Å². The molecule has 2 amide bonds. The Morgan fingerprint density at radius 3 is 2.52 bits per heavy atom. The third kappa shape index (κ3) is 4.54. The predicted octanol–water partition coefficient (Wildman–Crippen LogP) is -0.00540. The number of benzene rings is 1. The summed E-state index contributed by atoms with van der Waals surface area (Å²) in [6.45, 7) is 3.66. The van der Waals surface area contributed by atoms with Crippen LogP contribution in [0.3, 0.4) is 0 Å². The smallest absolute Gasteiger partial charge is 0.253 e. The summed E-state index contributed by atoms with van der Waals surface area (Å²) in [5.74, 6) is -0.0926. The maximum atomic E-state index is 12.3. The van der Waals surface area contributed by atoms with Crippen molar-refractivity contribution in [2.24, 2.45) is 0 Å². The summed E-state index contributed by atoms with van der Waals surface area (Å²) in [5.41, 5.74) is 1.64. The van der Waals surface area contributed by atoms with Gasteiger partial charge in [-0.15, -0.1) is 0 Å². The topological polar surface area (TPSA) is 70.7 Å². The first-order chi connectivity index (χ1) is 10.2. The van der Waals surface area contributed by atoms with Gasteiger partial charge in [-0.3, -0.25) is 9.59 Å². The van der Waals surface area contributed by atoms with Crippen molar-refractivity contribution in [2.75, 3.05) is 39.9 Å². The fourth-order valence-electron chi connectivity index (χ4n) is 2.20. The van der Waals surface area contributed by atoms with Gasteiger partial charge in [0.25, 0.3) is 5.91 Å². The summed E-state index contributed by atoms with van der Waals surface area (Å²) in [5, 5.41) is 5.97. The first-order valence-corrected chi connectivity index (χ1v) is 7.05. The molecule has 2 N–H and O–H groups in total. The van der Waals surface area contributed by atoms with E-state index < -0.39 is 0 Å². The summed E-state index contributed by atoms with van der Waals surface area (Å²) in [4.78, 5) is 25.4. The van der Waals surface area contributed by atoms with Crippen LogP contribution in [0.2, 0.25) is 0 Å². The SMILES string of the molecule is COCC(=O)NCc1ccc(C(=O)N2CCNCC2)cc1. The van der Waals surface area contributed by atoms with E-state index in [1.54, 1.807) is 0 Å². The molecule has 1 aromatic carbocycles. The third-order valence-electron chi connectivity index (χ3n) is 3.37. The van der Waals surface area contributed by atoms with Crippen molar-refractivity contribution < 1.29 is 14.3 Å². The lowest BCUT2D eigenvalue weighted by Crippen LogP contribution is -2.46. The first kappa shape index (κ1) is 15.5. The molecule has 1 heterocycles. The highest BCUT2D eigenvalue weighted by atomic mass is 16.5. The molecule has 0 spiro atoms. The molecule has 1 aromatic rings. The van der Waals surface area contributed by atoms with Gasteiger partial charge in [-0.25, -0.2) is 0 Å². The van der Waals surface area contributed by atoms with Crippen molar-refractivity contribution >= 4 is 11.8 Å². The number of carbonyl (C=O) groups excluding carboxylic acids is 2. The van der Waals surface area contributed by atoms with Gasteiger partial charge < -0.3 is 20.3 Å². The fourth-order valence-corrected chi connectivity index (χ4v) is 2.20. The molecule has 1 saturated heterocycles. The van der Waals surface area contributed by atoms with Crippen molar-refractivity contribution in [3.8, 4) is 0 Å². The summed E-state index contributed by atoms with van der Waals surface area (Å²) >= 11 is 0. The Morgan fingerprint density at radius 1 is 1.24 bits per heavy atom. The minimum absolute atomic E-state index is 0.0551. The van der Waals surface area contributed by atoms with Crippen molar-refractivity contribution in [1.29, 1.82) is 0 Å². The molecule has 0 aliphatic carbocycles. The average Bonchev–Trinajstić information content (AvgIpc) is 2.54. The molecule has 21 heavy (non-hydrogen) atoms. The Morgan fingerprint density at radius 2 is 1.90 bits per heavy atom. The molecule has 0 aromatic heterocycles. The van der Waals surface area contributed by atoms with E-state index in [0.717, 1.165) is 31.7 Å². The lowest BCUT2D eigenvalue weighted by Gasteiger charge is -2.27. The van der Waals surface area contributed by atoms with Crippen molar-refractivity contribution in [1.82, 2.24) is 15.5 Å². The standard InChI is InChI=1S/C15H21N3O3/c1-21-11-14(19)17-10-12-2-4-13(5-3-12)15(20)18-8-6-16-7-9-18/h2-5,16H,6-11H2,1H3,(H,17,19). The second kappa shape index (κ2) is 7.75. The van der Waals surface area contributed by atoms with Crippen LogP contribution in [-0.2, 0) is 16.1 Å². The third-order valence-corrected chi connectivity index (χ3v) is 3.37. The van der Waals surface area contributed by atoms with Gasteiger partial charge in [0, 0.05) is 45.4 Å². The molecule has 0 atom stereocenters. The van der Waals surface area contributed by atoms with Crippen LogP contribution in [0, 0.1) is 0 Å². The number of amides is 2. The van der Waals surface area contributed by atoms with E-state index in [1.165, 1.54) is 7.11 Å². The highest BCUT2D eigenvalue weighted by Crippen LogP contribution is 2.08. The highest BCUT2D eigenvalue weighted by Gasteiger charge is 2.17. The van der Waals surface area contributed by atoms with Crippen LogP contribution in [0.25, 0.3) is 0 Å². The monoisotopic (exact) mass is 291 g/mol. The van der Waals surface area contributed by atoms with Gasteiger partial charge in [-0.2, -0.15) is 0 Å². The summed E-state index contributed by atoms with van der Waals surface area (Å²) in [7, 11) is 1.48. The largest absolute Gasteiger partial charge is 0.375 e. The van der Waals surface area contributed by atoms with Gasteiger partial charge in [0.05, 0.1) is 0 Å². The summed E-state index contributed by atoms with van der Waals surface area (Å²) in [6, 6.07) is 7.34. The highest BCUT2D eigenvalue weighted by molar-refractivity contribution is 5.94. The zero-order valence-corrected chi connectivity index (χ0v) is 12.2. The van der Waals surface area contributed by atoms with Gasteiger partial charge in [0.15, 0.2) is 0 Å². The van der Waals surface area contributed by atoms with Gasteiger partial charge in [-0.05, 0) is 17.7 Å². The van der Waals surface area contributed by atoms with Gasteiger partial charge in [0.1, 0.15) is 6.61 Å². The Kier molecular flexibility index (Phi) is 5.71. The number of ether oxygens (including phenoxy) is 1. The van der Waals surface area contributed by atoms with Crippen LogP contribution in [0.4, 0.5) is 0 Å². The van der Waals surface area contributed by atoms with E-state index in [2.05, 4.69) is 10.6 Å². The zero-order chi connectivity index (χ0) is 15.1. The molecule has 6 heteroatoms. The fraction of sp³-hybridized carbons (Fsp3) is 0.467. The minimum Gasteiger partial charge on any atom is -0.375 e. The Bertz CT molecular complexity index is 481. The lowest BCUT2D eigenvalue weighted by atomic mass is 10.1. The van der Waals surface area contributed by atoms with Crippen molar-refractivity contribution in [3.05, 3.63) is 35.4 Å². The average molecular weight is 291 g/mol. The van der Waals surface area contributed by atoms with Crippen molar-refractivity contribution in [2.45, 2.75) is 6.54 Å². The van der Waals surface area contributed by atoms with Crippen molar-refractivity contribution in [3.63, 3.8) is 0 Å². The van der Waals surface area contributed by atoms with E-state index in [0.29, 0.717) is 12.1 Å². The van der Waals surface area contributed by atoms with Crippen LogP contribution in [0.5, 0.6) is 0 Å². The van der Waals surface area contributed by atoms with Crippen LogP contribution in [-0.4, -0.2) is 56.6 Å². The maximum absolute atomic E-state index is 12.3. The number of nitrogens with one attached hydrogen (secondary N) is 2. The van der Waals surface area contributed by atoms with E-state index in [-0.39, 0.29) is 18.4 Å². The van der Waals surface area contributed by atoms with Crippen LogP contribution in [0.1, 0.15) is 15.9 Å². The Labute approximate surface area is 124 Å². The molecule has 0 saturated carbocycles. The second-order valence-corrected chi connectivity index (χ2v) is 4.95. The number of carbonyl (C=O) groups is 2. The lowest BCUT2D eigenvalue weighted by molar-refractivity contribution is -0.124. The van der Waals surface area contributed by atoms with Crippen LogP contribution >= 0.6 is 0 Å². The number of nitrogens with zero attached hydrogens (tertiary/aromatic N) is 1. The molecule has 0 unspecified atom stereocenters. The van der Waals surface area contributed by atoms with Crippen LogP contribution < -0.4 is 10.6 Å². The van der Waals surface area contributed by atoms with Gasteiger partial charge in [-0.1, -0.05) is 12.1 Å². The molecule has 1 fully saturated rings. The summed E-state index contributed by atoms with van der Waals surface area (Å²) < 4.78 is 4.74. The summed E-state index contributed by atoms with van der Waals surface area (Å²) in [6.07, 6.45) is 0. The molecule has 114 valence electrons. The minimum atomic E-state index is -0.154. The van der Waals surface area contributed by atoms with Crippen LogP contribution in [0.15, 0.2) is 24.3 Å². The van der Waals surface area contributed by atoms with E-state index in [1.807, 2.05) is 29.2 Å². The molecule has 1 aliphatic heterocycles. The number of hydrogen-bond donors (Lipinski definition) is 2. The molecule has 2 rings (SSSR count). The van der Waals surface area contributed by atoms with Gasteiger partial charge in [0.2, 0.25) is 5.91 Å². The number of rotatable bonds is 5. The van der Waals surface area contributed by atoms with E-state index >= 15 is 0 Å². The molecule has 0 radical (unpaired) electrons. The molecule has 1 aliphatic rings. The zero-order valence-electron chi connectivity index (χ0n) is 12.2. The normalized spacial score (nSPS) is 14.8. The predicted molar refractivity (Wildman–Crippen MR) is 78.9 cm³/mol. The van der Waals surface area contributed by atoms with Gasteiger partial charge >= 0.3 is 0 Å². The number of piperazine rings is 1. The first-order valence-electron chi connectivity index (χ1n) is 7.05. The molecule has 6 nitrogen and oxygen atoms in total. The van der Waals surface area contributed by atoms with E-state index in [4.69, 9.17) is 4.74 Å². The molecule has 0 bridgehead atoms. The number of methoxy groups -OCH3 is 1. The Hall–Kier alpha value is -1.92. The quantitative estimate of drug-likeness (QED) is 0.801. The number of hydrogen-bond acceptors (Lipinski definition) is 4. The molecular formula is C15H21N3O3. The molecular weight excluding hydrogens is 270 g/mol. The maximum Gasteiger partial charge on any atom is 0.253 e. The second-order valence-electron chi connectivity index (χ2n) is 4.95.